The van der Waals surface area contributed by atoms with E-state index in [0.29, 0.717) is 18.0 Å². The zero-order valence-corrected chi connectivity index (χ0v) is 11.2. The molecule has 0 aromatic heterocycles. The molecule has 7 heteroatoms. The van der Waals surface area contributed by atoms with Crippen LogP contribution in [0.3, 0.4) is 0 Å². The number of aryl methyl sites for hydroxylation is 1. The number of carboxylic acid groups (broad SMARTS) is 1. The van der Waals surface area contributed by atoms with Crippen LogP contribution in [-0.4, -0.2) is 40.1 Å². The Bertz CT molecular complexity index is 520. The van der Waals surface area contributed by atoms with E-state index in [9.17, 15) is 20.0 Å². The van der Waals surface area contributed by atoms with E-state index in [1.807, 2.05) is 0 Å². The number of anilines is 1. The first-order chi connectivity index (χ1) is 9.00. The third kappa shape index (κ3) is 2.81. The molecule has 1 aliphatic heterocycles. The molecule has 102 valence electrons. The molecule has 0 radical (unpaired) electrons. The number of nitrogens with zero attached hydrogens (tertiary/aromatic N) is 2. The molecular weight excluding hydrogens is 268 g/mol. The molecule has 1 N–H and O–H groups in total. The van der Waals surface area contributed by atoms with Gasteiger partial charge in [0.05, 0.1) is 4.92 Å². The molecule has 0 amide bonds. The molecule has 1 aromatic rings. The van der Waals surface area contributed by atoms with Crippen molar-refractivity contribution in [2.24, 2.45) is 0 Å². The topological polar surface area (TPSA) is 83.7 Å². The van der Waals surface area contributed by atoms with Gasteiger partial charge in [0.15, 0.2) is 0 Å². The van der Waals surface area contributed by atoms with Crippen LogP contribution in [0.4, 0.5) is 11.4 Å². The number of nitro benzene ring substituents is 1. The number of aliphatic carboxylic acids is 1. The number of rotatable bonds is 3. The van der Waals surface area contributed by atoms with Crippen molar-refractivity contribution >= 4 is 29.1 Å². The normalized spacial score (nSPS) is 19.2. The summed E-state index contributed by atoms with van der Waals surface area (Å²) in [4.78, 5) is 23.5. The van der Waals surface area contributed by atoms with Crippen LogP contribution in [0, 0.1) is 17.0 Å². The Balaban J connectivity index is 2.44. The molecule has 6 nitrogen and oxygen atoms in total. The van der Waals surface area contributed by atoms with Crippen molar-refractivity contribution < 1.29 is 14.8 Å². The van der Waals surface area contributed by atoms with Gasteiger partial charge in [-0.1, -0.05) is 6.07 Å². The van der Waals surface area contributed by atoms with Crippen molar-refractivity contribution in [3.05, 3.63) is 33.9 Å². The lowest BCUT2D eigenvalue weighted by atomic mass is 10.1. The Morgan fingerprint density at radius 3 is 2.95 bits per heavy atom. The van der Waals surface area contributed by atoms with Gasteiger partial charge in [0, 0.05) is 24.1 Å². The van der Waals surface area contributed by atoms with Crippen LogP contribution in [0.15, 0.2) is 18.2 Å². The van der Waals surface area contributed by atoms with Gasteiger partial charge >= 0.3 is 5.97 Å². The molecule has 19 heavy (non-hydrogen) atoms. The van der Waals surface area contributed by atoms with Gasteiger partial charge in [-0.25, -0.2) is 4.79 Å². The van der Waals surface area contributed by atoms with Gasteiger partial charge in [0.1, 0.15) is 11.7 Å². The smallest absolute Gasteiger partial charge is 0.327 e. The first kappa shape index (κ1) is 13.7. The first-order valence-electron chi connectivity index (χ1n) is 5.83. The highest BCUT2D eigenvalue weighted by molar-refractivity contribution is 7.99. The van der Waals surface area contributed by atoms with E-state index in [1.165, 1.54) is 6.07 Å². The van der Waals surface area contributed by atoms with Gasteiger partial charge in [0.25, 0.3) is 5.69 Å². The van der Waals surface area contributed by atoms with Gasteiger partial charge in [0.2, 0.25) is 0 Å². The second-order valence-corrected chi connectivity index (χ2v) is 5.52. The summed E-state index contributed by atoms with van der Waals surface area (Å²) in [5.74, 6) is 0.275. The fourth-order valence-electron chi connectivity index (χ4n) is 2.12. The van der Waals surface area contributed by atoms with Crippen molar-refractivity contribution in [1.29, 1.82) is 0 Å². The summed E-state index contributed by atoms with van der Waals surface area (Å²) in [6.45, 7) is 2.28. The molecule has 1 aromatic carbocycles. The summed E-state index contributed by atoms with van der Waals surface area (Å²) in [6, 6.07) is 4.18. The number of benzene rings is 1. The number of carboxylic acids is 1. The number of hydrogen-bond acceptors (Lipinski definition) is 5. The van der Waals surface area contributed by atoms with Crippen molar-refractivity contribution in [3.8, 4) is 0 Å². The van der Waals surface area contributed by atoms with E-state index < -0.39 is 16.9 Å². The molecule has 1 fully saturated rings. The van der Waals surface area contributed by atoms with Gasteiger partial charge in [-0.15, -0.1) is 0 Å². The summed E-state index contributed by atoms with van der Waals surface area (Å²) >= 11 is 1.55. The van der Waals surface area contributed by atoms with E-state index in [2.05, 4.69) is 0 Å². The predicted octanol–water partition coefficient (Wildman–Crippen LogP) is 1.91. The number of nitro groups is 1. The second-order valence-electron chi connectivity index (χ2n) is 4.37. The fourth-order valence-corrected chi connectivity index (χ4v) is 3.16. The Morgan fingerprint density at radius 2 is 2.32 bits per heavy atom. The monoisotopic (exact) mass is 282 g/mol. The maximum absolute atomic E-state index is 11.3. The number of hydrogen-bond donors (Lipinski definition) is 1. The average molecular weight is 282 g/mol. The highest BCUT2D eigenvalue weighted by atomic mass is 32.2. The van der Waals surface area contributed by atoms with E-state index >= 15 is 0 Å². The standard InChI is InChI=1S/C12H14N2O4S/c1-8-2-3-9(10(6-8)14(17)18)13-4-5-19-7-11(13)12(15)16/h2-3,6,11H,4-5,7H2,1H3,(H,15,16). The van der Waals surface area contributed by atoms with E-state index in [4.69, 9.17) is 0 Å². The molecule has 0 saturated carbocycles. The molecule has 2 rings (SSSR count). The van der Waals surface area contributed by atoms with Crippen molar-refractivity contribution in [2.45, 2.75) is 13.0 Å². The largest absolute Gasteiger partial charge is 0.480 e. The number of carbonyl (C=O) groups is 1. The van der Waals surface area contributed by atoms with Gasteiger partial charge in [-0.2, -0.15) is 11.8 Å². The lowest BCUT2D eigenvalue weighted by Gasteiger charge is -2.34. The van der Waals surface area contributed by atoms with Crippen LogP contribution in [-0.2, 0) is 4.79 Å². The van der Waals surface area contributed by atoms with E-state index in [1.54, 1.807) is 35.7 Å². The zero-order chi connectivity index (χ0) is 14.0. The second kappa shape index (κ2) is 5.48. The first-order valence-corrected chi connectivity index (χ1v) is 6.98. The van der Waals surface area contributed by atoms with Gasteiger partial charge in [-0.05, 0) is 18.6 Å². The highest BCUT2D eigenvalue weighted by Crippen LogP contribution is 2.33. The molecule has 0 bridgehead atoms. The minimum atomic E-state index is -0.943. The summed E-state index contributed by atoms with van der Waals surface area (Å²) in [5.41, 5.74) is 1.15. The van der Waals surface area contributed by atoms with Crippen LogP contribution >= 0.6 is 11.8 Å². The molecule has 1 unspecified atom stereocenters. The Morgan fingerprint density at radius 1 is 1.58 bits per heavy atom. The van der Waals surface area contributed by atoms with Crippen molar-refractivity contribution in [3.63, 3.8) is 0 Å². The molecule has 1 saturated heterocycles. The lowest BCUT2D eigenvalue weighted by Crippen LogP contribution is -2.47. The van der Waals surface area contributed by atoms with Gasteiger partial charge < -0.3 is 10.0 Å². The molecule has 1 atom stereocenters. The Kier molecular flexibility index (Phi) is 3.94. The SMILES string of the molecule is Cc1ccc(N2CCSCC2C(=O)O)c([N+](=O)[O-])c1. The van der Waals surface area contributed by atoms with E-state index in [0.717, 1.165) is 11.3 Å². The minimum absolute atomic E-state index is 0.0295. The molecular formula is C12H14N2O4S. The third-order valence-corrected chi connectivity index (χ3v) is 4.07. The van der Waals surface area contributed by atoms with Crippen molar-refractivity contribution in [2.75, 3.05) is 23.0 Å². The lowest BCUT2D eigenvalue weighted by molar-refractivity contribution is -0.384. The number of thioether (sulfide) groups is 1. The molecule has 0 spiro atoms. The summed E-state index contributed by atoms with van der Waals surface area (Å²) in [5, 5.41) is 20.3. The van der Waals surface area contributed by atoms with Gasteiger partial charge in [-0.3, -0.25) is 10.1 Å². The summed E-state index contributed by atoms with van der Waals surface area (Å²) in [7, 11) is 0. The Hall–Kier alpha value is -1.76. The highest BCUT2D eigenvalue weighted by Gasteiger charge is 2.32. The van der Waals surface area contributed by atoms with Crippen LogP contribution in [0.1, 0.15) is 5.56 Å². The summed E-state index contributed by atoms with van der Waals surface area (Å²) in [6.07, 6.45) is 0. The van der Waals surface area contributed by atoms with Crippen LogP contribution in [0.25, 0.3) is 0 Å². The predicted molar refractivity (Wildman–Crippen MR) is 73.9 cm³/mol. The van der Waals surface area contributed by atoms with E-state index in [-0.39, 0.29) is 5.69 Å². The maximum Gasteiger partial charge on any atom is 0.327 e. The minimum Gasteiger partial charge on any atom is -0.480 e. The fraction of sp³-hybridized carbons (Fsp3) is 0.417. The molecule has 1 aliphatic rings. The summed E-state index contributed by atoms with van der Waals surface area (Å²) < 4.78 is 0. The third-order valence-electron chi connectivity index (χ3n) is 3.05. The average Bonchev–Trinajstić information content (AvgIpc) is 2.38. The van der Waals surface area contributed by atoms with Crippen molar-refractivity contribution in [1.82, 2.24) is 0 Å². The maximum atomic E-state index is 11.3. The molecule has 1 heterocycles. The molecule has 0 aliphatic carbocycles. The van der Waals surface area contributed by atoms with Crippen LogP contribution in [0.2, 0.25) is 0 Å². The zero-order valence-electron chi connectivity index (χ0n) is 10.4. The Labute approximate surface area is 114 Å². The van der Waals surface area contributed by atoms with Crippen LogP contribution in [0.5, 0.6) is 0 Å². The van der Waals surface area contributed by atoms with Crippen LogP contribution < -0.4 is 4.90 Å². The quantitative estimate of drug-likeness (QED) is 0.673.